The Morgan fingerprint density at radius 3 is 2.50 bits per heavy atom. The summed E-state index contributed by atoms with van der Waals surface area (Å²) >= 11 is 0. The van der Waals surface area contributed by atoms with E-state index in [1.807, 2.05) is 57.2 Å². The van der Waals surface area contributed by atoms with Crippen LogP contribution in [-0.2, 0) is 11.2 Å². The van der Waals surface area contributed by atoms with Crippen molar-refractivity contribution in [2.45, 2.75) is 27.2 Å². The van der Waals surface area contributed by atoms with Crippen molar-refractivity contribution in [2.75, 3.05) is 0 Å². The molecule has 1 aromatic heterocycles. The van der Waals surface area contributed by atoms with Gasteiger partial charge >= 0.3 is 0 Å². The van der Waals surface area contributed by atoms with E-state index >= 15 is 0 Å². The molecule has 0 radical (unpaired) electrons. The number of carbonyl (C=O) groups excluding carboxylic acids is 1. The minimum atomic E-state index is -0.350. The largest absolute Gasteiger partial charge is 0.493 e. The molecule has 2 N–H and O–H groups in total. The van der Waals surface area contributed by atoms with Gasteiger partial charge in [0.15, 0.2) is 5.69 Å². The average molecular weight is 321 g/mol. The third-order valence-electron chi connectivity index (χ3n) is 3.94. The Morgan fingerprint density at radius 1 is 1.08 bits per heavy atom. The fourth-order valence-corrected chi connectivity index (χ4v) is 2.75. The Labute approximate surface area is 140 Å². The molecule has 3 aromatic rings. The second kappa shape index (κ2) is 6.28. The van der Waals surface area contributed by atoms with Gasteiger partial charge in [-0.2, -0.15) is 0 Å². The predicted molar refractivity (Wildman–Crippen MR) is 93.8 cm³/mol. The van der Waals surface area contributed by atoms with Crippen LogP contribution in [0.15, 0.2) is 46.6 Å². The molecule has 3 rings (SSSR count). The summed E-state index contributed by atoms with van der Waals surface area (Å²) in [5, 5.41) is 18.6. The molecular weight excluding hydrogens is 302 g/mol. The van der Waals surface area contributed by atoms with E-state index in [2.05, 4.69) is 15.2 Å². The topological polar surface area (TPSA) is 77.8 Å². The number of fused-ring (bicyclic) bond motifs is 1. The molecule has 0 spiro atoms. The number of H-pyrrole nitrogens is 1. The van der Waals surface area contributed by atoms with Crippen LogP contribution in [-0.4, -0.2) is 16.0 Å². The van der Waals surface area contributed by atoms with Gasteiger partial charge in [-0.05, 0) is 38.0 Å². The van der Waals surface area contributed by atoms with E-state index in [-0.39, 0.29) is 18.2 Å². The number of aryl methyl sites for hydroxylation is 3. The molecule has 0 aliphatic carbocycles. The summed E-state index contributed by atoms with van der Waals surface area (Å²) in [4.78, 5) is 14.9. The minimum absolute atomic E-state index is 0.0782. The highest BCUT2D eigenvalue weighted by molar-refractivity contribution is 5.96. The van der Waals surface area contributed by atoms with Crippen molar-refractivity contribution in [1.82, 2.24) is 4.98 Å². The number of nitrogens with one attached hydrogen (secondary N) is 1. The lowest BCUT2D eigenvalue weighted by atomic mass is 10.1. The second-order valence-electron chi connectivity index (χ2n) is 6.08. The summed E-state index contributed by atoms with van der Waals surface area (Å²) in [6.45, 7) is 5.92. The van der Waals surface area contributed by atoms with E-state index in [0.29, 0.717) is 5.69 Å². The van der Waals surface area contributed by atoms with Gasteiger partial charge in [-0.15, -0.1) is 10.2 Å². The zero-order valence-corrected chi connectivity index (χ0v) is 13.9. The van der Waals surface area contributed by atoms with Crippen LogP contribution in [0.1, 0.15) is 22.3 Å². The van der Waals surface area contributed by atoms with Gasteiger partial charge in [-0.25, -0.2) is 0 Å². The van der Waals surface area contributed by atoms with E-state index in [1.54, 1.807) is 0 Å². The number of aromatic amines is 1. The van der Waals surface area contributed by atoms with E-state index in [1.165, 1.54) is 0 Å². The molecule has 24 heavy (non-hydrogen) atoms. The zero-order chi connectivity index (χ0) is 17.3. The van der Waals surface area contributed by atoms with Gasteiger partial charge in [0, 0.05) is 5.39 Å². The van der Waals surface area contributed by atoms with Gasteiger partial charge < -0.3 is 10.1 Å². The van der Waals surface area contributed by atoms with Crippen LogP contribution in [0.5, 0.6) is 5.88 Å². The number of aromatic nitrogens is 1. The van der Waals surface area contributed by atoms with Gasteiger partial charge in [-0.1, -0.05) is 41.5 Å². The summed E-state index contributed by atoms with van der Waals surface area (Å²) in [6, 6.07) is 11.6. The van der Waals surface area contributed by atoms with Crippen LogP contribution in [0.3, 0.4) is 0 Å². The number of rotatable bonds is 3. The first-order chi connectivity index (χ1) is 11.4. The molecule has 0 bridgehead atoms. The number of aromatic hydroxyl groups is 1. The predicted octanol–water partition coefficient (Wildman–Crippen LogP) is 4.65. The molecule has 0 saturated heterocycles. The van der Waals surface area contributed by atoms with Gasteiger partial charge in [-0.3, -0.25) is 4.79 Å². The van der Waals surface area contributed by atoms with E-state index in [0.717, 1.165) is 33.2 Å². The van der Waals surface area contributed by atoms with Crippen molar-refractivity contribution in [3.05, 3.63) is 58.7 Å². The van der Waals surface area contributed by atoms with Crippen molar-refractivity contribution >= 4 is 22.5 Å². The summed E-state index contributed by atoms with van der Waals surface area (Å²) in [5.41, 5.74) is 5.20. The molecule has 0 fully saturated rings. The molecule has 0 unspecified atom stereocenters. The second-order valence-corrected chi connectivity index (χ2v) is 6.08. The van der Waals surface area contributed by atoms with Crippen molar-refractivity contribution in [3.8, 4) is 5.88 Å². The van der Waals surface area contributed by atoms with Gasteiger partial charge in [0.05, 0.1) is 11.9 Å². The minimum Gasteiger partial charge on any atom is -0.493 e. The van der Waals surface area contributed by atoms with E-state index in [9.17, 15) is 9.90 Å². The van der Waals surface area contributed by atoms with Crippen LogP contribution in [0.2, 0.25) is 0 Å². The van der Waals surface area contributed by atoms with Crippen LogP contribution < -0.4 is 0 Å². The summed E-state index contributed by atoms with van der Waals surface area (Å²) < 4.78 is 0. The maximum atomic E-state index is 12.0. The number of amides is 1. The first-order valence-corrected chi connectivity index (χ1v) is 7.76. The standard InChI is InChI=1S/C19H19N3O2/c1-11-4-6-14(7-5-11)10-16(23)21-22-18-15-9-12(2)8-13(3)17(15)20-19(18)24/h4-9,20,24H,10H2,1-3H3. The van der Waals surface area contributed by atoms with E-state index < -0.39 is 0 Å². The molecule has 0 saturated carbocycles. The fraction of sp³-hybridized carbons (Fsp3) is 0.211. The monoisotopic (exact) mass is 321 g/mol. The van der Waals surface area contributed by atoms with Crippen molar-refractivity contribution < 1.29 is 9.90 Å². The number of nitrogens with zero attached hydrogens (tertiary/aromatic N) is 2. The lowest BCUT2D eigenvalue weighted by molar-refractivity contribution is -0.117. The SMILES string of the molecule is Cc1ccc(CC(=O)N=Nc2c(O)[nH]c3c(C)cc(C)cc23)cc1. The smallest absolute Gasteiger partial charge is 0.269 e. The molecule has 0 aliphatic heterocycles. The maximum Gasteiger partial charge on any atom is 0.269 e. The lowest BCUT2D eigenvalue weighted by Crippen LogP contribution is -1.97. The molecular formula is C19H19N3O2. The molecule has 0 aliphatic rings. The quantitative estimate of drug-likeness (QED) is 0.689. The van der Waals surface area contributed by atoms with E-state index in [4.69, 9.17) is 0 Å². The highest BCUT2D eigenvalue weighted by atomic mass is 16.3. The Balaban J connectivity index is 1.86. The molecule has 1 amide bonds. The molecule has 5 nitrogen and oxygen atoms in total. The zero-order valence-electron chi connectivity index (χ0n) is 13.9. The van der Waals surface area contributed by atoms with Crippen LogP contribution in [0, 0.1) is 20.8 Å². The third kappa shape index (κ3) is 3.20. The van der Waals surface area contributed by atoms with Crippen LogP contribution >= 0.6 is 0 Å². The maximum absolute atomic E-state index is 12.0. The molecule has 1 heterocycles. The number of hydrogen-bond acceptors (Lipinski definition) is 3. The molecule has 122 valence electrons. The van der Waals surface area contributed by atoms with Gasteiger partial charge in [0.2, 0.25) is 5.88 Å². The lowest BCUT2D eigenvalue weighted by Gasteiger charge is -1.99. The van der Waals surface area contributed by atoms with Crippen molar-refractivity contribution in [1.29, 1.82) is 0 Å². The first-order valence-electron chi connectivity index (χ1n) is 7.76. The number of benzene rings is 2. The third-order valence-corrected chi connectivity index (χ3v) is 3.94. The first kappa shape index (κ1) is 15.9. The summed E-state index contributed by atoms with van der Waals surface area (Å²) in [7, 11) is 0. The molecule has 2 aromatic carbocycles. The van der Waals surface area contributed by atoms with Crippen LogP contribution in [0.25, 0.3) is 10.9 Å². The number of hydrogen-bond donors (Lipinski definition) is 2. The number of azo groups is 1. The highest BCUT2D eigenvalue weighted by Crippen LogP contribution is 2.37. The summed E-state index contributed by atoms with van der Waals surface area (Å²) in [6.07, 6.45) is 0.185. The van der Waals surface area contributed by atoms with Crippen LogP contribution in [0.4, 0.5) is 5.69 Å². The van der Waals surface area contributed by atoms with Crippen molar-refractivity contribution in [3.63, 3.8) is 0 Å². The highest BCUT2D eigenvalue weighted by Gasteiger charge is 2.13. The average Bonchev–Trinajstić information content (AvgIpc) is 2.84. The summed E-state index contributed by atoms with van der Waals surface area (Å²) in [5.74, 6) is -0.428. The Bertz CT molecular complexity index is 937. The van der Waals surface area contributed by atoms with Crippen molar-refractivity contribution in [2.24, 2.45) is 10.2 Å². The number of carbonyl (C=O) groups is 1. The molecule has 0 atom stereocenters. The Morgan fingerprint density at radius 2 is 1.79 bits per heavy atom. The fourth-order valence-electron chi connectivity index (χ4n) is 2.75. The Kier molecular flexibility index (Phi) is 4.16. The van der Waals surface area contributed by atoms with Gasteiger partial charge in [0.25, 0.3) is 5.91 Å². The molecule has 5 heteroatoms. The Hall–Kier alpha value is -2.95. The normalized spacial score (nSPS) is 11.5. The van der Waals surface area contributed by atoms with Gasteiger partial charge in [0.1, 0.15) is 0 Å².